The quantitative estimate of drug-likeness (QED) is 0.375. The van der Waals surface area contributed by atoms with E-state index in [1.165, 1.54) is 0 Å². The molecule has 0 aromatic heterocycles. The van der Waals surface area contributed by atoms with Crippen molar-refractivity contribution in [2.24, 2.45) is 0 Å². The van der Waals surface area contributed by atoms with Gasteiger partial charge >= 0.3 is 17.8 Å². The molecular weight excluding hydrogens is 406 g/mol. The van der Waals surface area contributed by atoms with Crippen molar-refractivity contribution in [2.75, 3.05) is 0 Å². The molecule has 0 nitrogen and oxygen atoms in total. The van der Waals surface area contributed by atoms with Gasteiger partial charge < -0.3 is 0 Å². The summed E-state index contributed by atoms with van der Waals surface area (Å²) in [6.45, 7) is 3.09. The van der Waals surface area contributed by atoms with Crippen molar-refractivity contribution in [3.05, 3.63) is 44.3 Å². The van der Waals surface area contributed by atoms with Crippen molar-refractivity contribution in [3.8, 4) is 24.7 Å². The molecule has 2 aliphatic heterocycles. The summed E-state index contributed by atoms with van der Waals surface area (Å²) < 4.78 is 84.6. The zero-order valence-corrected chi connectivity index (χ0v) is 15.5. The molecule has 0 aromatic rings. The number of terminal acetylenes is 2. The third-order valence-corrected chi connectivity index (χ3v) is 8.72. The fraction of sp³-hybridized carbons (Fsp3) is 0.368. The molecule has 2 atom stereocenters. The number of alkyl halides is 6. The van der Waals surface area contributed by atoms with Crippen LogP contribution in [0.5, 0.6) is 0 Å². The summed E-state index contributed by atoms with van der Waals surface area (Å²) in [5.41, 5.74) is -3.24. The molecule has 0 radical (unpaired) electrons. The van der Waals surface area contributed by atoms with E-state index in [0.717, 1.165) is 35.7 Å². The Labute approximate surface area is 160 Å². The first kappa shape index (κ1) is 18.7. The van der Waals surface area contributed by atoms with Gasteiger partial charge in [0.05, 0.1) is 19.3 Å². The molecule has 4 aliphatic rings. The van der Waals surface area contributed by atoms with E-state index in [1.54, 1.807) is 13.8 Å². The van der Waals surface area contributed by atoms with Gasteiger partial charge in [0, 0.05) is 11.1 Å². The number of allylic oxidation sites excluding steroid dienone is 6. The van der Waals surface area contributed by atoms with Gasteiger partial charge in [-0.3, -0.25) is 0 Å². The molecule has 8 heteroatoms. The lowest BCUT2D eigenvalue weighted by Gasteiger charge is -2.46. The van der Waals surface area contributed by atoms with Crippen molar-refractivity contribution in [1.82, 2.24) is 0 Å². The highest BCUT2D eigenvalue weighted by Crippen LogP contribution is 2.73. The Morgan fingerprint density at radius 3 is 1.37 bits per heavy atom. The summed E-state index contributed by atoms with van der Waals surface area (Å²) in [6.07, 6.45) is 13.0. The minimum Gasteiger partial charge on any atom is -0.194 e. The van der Waals surface area contributed by atoms with Crippen molar-refractivity contribution >= 4 is 23.5 Å². The number of hydrogen-bond donors (Lipinski definition) is 0. The van der Waals surface area contributed by atoms with Crippen LogP contribution >= 0.6 is 23.5 Å². The lowest BCUT2D eigenvalue weighted by molar-refractivity contribution is -0.258. The van der Waals surface area contributed by atoms with E-state index < -0.39 is 38.4 Å². The molecule has 2 heterocycles. The highest BCUT2D eigenvalue weighted by atomic mass is 32.2. The largest absolute Gasteiger partial charge is 0.380 e. The van der Waals surface area contributed by atoms with Gasteiger partial charge in [-0.1, -0.05) is 11.8 Å². The van der Waals surface area contributed by atoms with Crippen LogP contribution in [0.2, 0.25) is 0 Å². The molecule has 0 amide bonds. The average Bonchev–Trinajstić information content (AvgIpc) is 3.13. The Bertz CT molecular complexity index is 934. The maximum absolute atomic E-state index is 14.7. The summed E-state index contributed by atoms with van der Waals surface area (Å²) in [4.78, 5) is 0.428. The Morgan fingerprint density at radius 1 is 0.741 bits per heavy atom. The summed E-state index contributed by atoms with van der Waals surface area (Å²) in [7, 11) is 0. The first-order valence-corrected chi connectivity index (χ1v) is 9.32. The lowest BCUT2D eigenvalue weighted by Crippen LogP contribution is -2.48. The highest BCUT2D eigenvalue weighted by molar-refractivity contribution is 8.09. The molecule has 1 saturated carbocycles. The number of halogens is 6. The van der Waals surface area contributed by atoms with Crippen LogP contribution in [0.1, 0.15) is 13.8 Å². The molecule has 0 spiro atoms. The van der Waals surface area contributed by atoms with E-state index in [4.69, 9.17) is 12.8 Å². The second-order valence-corrected chi connectivity index (χ2v) is 9.80. The van der Waals surface area contributed by atoms with Gasteiger partial charge in [-0.15, -0.1) is 36.4 Å². The third kappa shape index (κ3) is 1.75. The number of fused-ring (bicyclic) bond motifs is 4. The molecule has 1 fully saturated rings. The number of hydrogen-bond acceptors (Lipinski definition) is 2. The van der Waals surface area contributed by atoms with E-state index in [2.05, 4.69) is 11.8 Å². The van der Waals surface area contributed by atoms with Crippen LogP contribution in [0.25, 0.3) is 0 Å². The first-order valence-electron chi connectivity index (χ1n) is 7.68. The van der Waals surface area contributed by atoms with Crippen LogP contribution < -0.4 is 0 Å². The molecule has 2 aliphatic carbocycles. The van der Waals surface area contributed by atoms with Crippen molar-refractivity contribution in [1.29, 1.82) is 0 Å². The fourth-order valence-electron chi connectivity index (χ4n) is 4.05. The SMILES string of the molecule is C#CC1=CC2=C3C(=C4C=C(C#C)S[C@@]4(C)[C@]2(C)S1)C(F)(F)C(F)(F)C3(F)F. The van der Waals surface area contributed by atoms with Gasteiger partial charge in [-0.05, 0) is 37.1 Å². The maximum Gasteiger partial charge on any atom is 0.380 e. The highest BCUT2D eigenvalue weighted by Gasteiger charge is 2.84. The van der Waals surface area contributed by atoms with Crippen LogP contribution in [-0.2, 0) is 0 Å². The summed E-state index contributed by atoms with van der Waals surface area (Å²) in [5.74, 6) is -11.1. The first-order chi connectivity index (χ1) is 12.3. The molecule has 0 N–H and O–H groups in total. The van der Waals surface area contributed by atoms with Gasteiger partial charge in [0.1, 0.15) is 0 Å². The van der Waals surface area contributed by atoms with Crippen molar-refractivity contribution in [2.45, 2.75) is 41.1 Å². The third-order valence-electron chi connectivity index (χ3n) is 5.61. The van der Waals surface area contributed by atoms with Crippen LogP contribution in [0.3, 0.4) is 0 Å². The van der Waals surface area contributed by atoms with E-state index in [9.17, 15) is 26.3 Å². The Balaban J connectivity index is 2.20. The van der Waals surface area contributed by atoms with Gasteiger partial charge in [0.2, 0.25) is 0 Å². The lowest BCUT2D eigenvalue weighted by atomic mass is 9.71. The summed E-state index contributed by atoms with van der Waals surface area (Å²) >= 11 is 2.04. The van der Waals surface area contributed by atoms with Gasteiger partial charge in [-0.25, -0.2) is 0 Å². The molecule has 0 unspecified atom stereocenters. The monoisotopic (exact) mass is 416 g/mol. The number of rotatable bonds is 0. The molecule has 4 rings (SSSR count). The zero-order valence-electron chi connectivity index (χ0n) is 13.9. The van der Waals surface area contributed by atoms with Crippen molar-refractivity contribution < 1.29 is 26.3 Å². The second-order valence-electron chi connectivity index (χ2n) is 6.88. The smallest absolute Gasteiger partial charge is 0.194 e. The molecule has 0 bridgehead atoms. The van der Waals surface area contributed by atoms with Crippen LogP contribution in [0.4, 0.5) is 26.3 Å². The van der Waals surface area contributed by atoms with Crippen LogP contribution in [0, 0.1) is 24.7 Å². The Hall–Kier alpha value is -1.64. The molecule has 0 aromatic carbocycles. The topological polar surface area (TPSA) is 0 Å². The van der Waals surface area contributed by atoms with Gasteiger partial charge in [-0.2, -0.15) is 26.3 Å². The van der Waals surface area contributed by atoms with E-state index in [0.29, 0.717) is 0 Å². The van der Waals surface area contributed by atoms with Crippen molar-refractivity contribution in [3.63, 3.8) is 0 Å². The predicted octanol–water partition coefficient (Wildman–Crippen LogP) is 5.56. The Kier molecular flexibility index (Phi) is 3.36. The molecule has 140 valence electrons. The van der Waals surface area contributed by atoms with E-state index in [1.807, 2.05) is 0 Å². The second kappa shape index (κ2) is 4.85. The molecule has 27 heavy (non-hydrogen) atoms. The Morgan fingerprint density at radius 2 is 1.07 bits per heavy atom. The number of thioether (sulfide) groups is 2. The van der Waals surface area contributed by atoms with E-state index >= 15 is 0 Å². The van der Waals surface area contributed by atoms with Gasteiger partial charge in [0.25, 0.3) is 0 Å². The predicted molar refractivity (Wildman–Crippen MR) is 94.7 cm³/mol. The van der Waals surface area contributed by atoms with Crippen LogP contribution in [0.15, 0.2) is 44.3 Å². The van der Waals surface area contributed by atoms with E-state index in [-0.39, 0.29) is 21.0 Å². The fourth-order valence-corrected chi connectivity index (χ4v) is 6.80. The summed E-state index contributed by atoms with van der Waals surface area (Å²) in [6, 6.07) is 0. The summed E-state index contributed by atoms with van der Waals surface area (Å²) in [5, 5.41) is 0. The minimum absolute atomic E-state index is 0.214. The minimum atomic E-state index is -5.56. The standard InChI is InChI=1S/C19H10F6S2/c1-5-9-7-11-13-14(18(22,23)19(24,25)17(13,20)21)12-8-10(6-2)27-16(12,4)15(11,3)26-9/h1-2,7-8H,3-4H3/t15-,16-/m1/s1. The molecular formula is C19H10F6S2. The zero-order chi connectivity index (χ0) is 20.2. The van der Waals surface area contributed by atoms with Crippen LogP contribution in [-0.4, -0.2) is 27.3 Å². The normalized spacial score (nSPS) is 37.1. The average molecular weight is 416 g/mol. The van der Waals surface area contributed by atoms with Gasteiger partial charge in [0.15, 0.2) is 0 Å². The maximum atomic E-state index is 14.7. The molecule has 0 saturated heterocycles.